The fourth-order valence-corrected chi connectivity index (χ4v) is 1.65. The molecule has 0 saturated carbocycles. The summed E-state index contributed by atoms with van der Waals surface area (Å²) in [6.07, 6.45) is -0.357. The van der Waals surface area contributed by atoms with Crippen molar-refractivity contribution in [3.05, 3.63) is 44.9 Å². The average molecular weight is 252 g/mol. The number of aromatic nitrogens is 2. The number of hydrogen-bond acceptors (Lipinski definition) is 3. The minimum Gasteiger partial charge on any atom is -0.481 e. The van der Waals surface area contributed by atoms with Crippen molar-refractivity contribution >= 4 is 16.9 Å². The minimum atomic E-state index is -1.12. The molecule has 2 aromatic rings. The number of para-hydroxylation sites is 1. The molecule has 2 rings (SSSR count). The van der Waals surface area contributed by atoms with E-state index >= 15 is 0 Å². The molecule has 7 heteroatoms. The Morgan fingerprint density at radius 1 is 1.39 bits per heavy atom. The highest BCUT2D eigenvalue weighted by atomic mass is 19.1. The van der Waals surface area contributed by atoms with Gasteiger partial charge in [0, 0.05) is 6.54 Å². The van der Waals surface area contributed by atoms with Gasteiger partial charge in [0.15, 0.2) is 0 Å². The Balaban J connectivity index is 2.66. The normalized spacial score (nSPS) is 10.7. The lowest BCUT2D eigenvalue weighted by molar-refractivity contribution is -0.137. The van der Waals surface area contributed by atoms with Gasteiger partial charge in [-0.2, -0.15) is 0 Å². The van der Waals surface area contributed by atoms with Gasteiger partial charge < -0.3 is 10.1 Å². The van der Waals surface area contributed by atoms with Crippen molar-refractivity contribution in [1.82, 2.24) is 9.55 Å². The summed E-state index contributed by atoms with van der Waals surface area (Å²) in [6, 6.07) is 3.84. The van der Waals surface area contributed by atoms with Crippen LogP contribution in [0.25, 0.3) is 10.9 Å². The molecule has 0 bridgehead atoms. The van der Waals surface area contributed by atoms with E-state index in [0.29, 0.717) is 0 Å². The quantitative estimate of drug-likeness (QED) is 0.821. The average Bonchev–Trinajstić information content (AvgIpc) is 2.30. The van der Waals surface area contributed by atoms with Crippen LogP contribution in [0.4, 0.5) is 4.39 Å². The lowest BCUT2D eigenvalue weighted by atomic mass is 10.2. The van der Waals surface area contributed by atoms with Gasteiger partial charge in [0.25, 0.3) is 5.56 Å². The van der Waals surface area contributed by atoms with E-state index < -0.39 is 23.0 Å². The molecule has 18 heavy (non-hydrogen) atoms. The number of rotatable bonds is 3. The maximum atomic E-state index is 13.4. The highest BCUT2D eigenvalue weighted by molar-refractivity contribution is 5.77. The van der Waals surface area contributed by atoms with Crippen LogP contribution in [-0.2, 0) is 11.3 Å². The second kappa shape index (κ2) is 4.44. The van der Waals surface area contributed by atoms with Crippen LogP contribution in [0.2, 0.25) is 0 Å². The number of H-pyrrole nitrogens is 1. The van der Waals surface area contributed by atoms with Crippen molar-refractivity contribution in [2.24, 2.45) is 0 Å². The third kappa shape index (κ3) is 2.02. The summed E-state index contributed by atoms with van der Waals surface area (Å²) in [7, 11) is 0. The maximum absolute atomic E-state index is 13.4. The van der Waals surface area contributed by atoms with Crippen LogP contribution >= 0.6 is 0 Å². The number of fused-ring (bicyclic) bond motifs is 1. The van der Waals surface area contributed by atoms with Gasteiger partial charge in [0.05, 0.1) is 17.3 Å². The molecule has 0 spiro atoms. The number of halogens is 1. The van der Waals surface area contributed by atoms with E-state index in [2.05, 4.69) is 4.98 Å². The third-order valence-electron chi connectivity index (χ3n) is 2.52. The molecule has 1 aromatic heterocycles. The Kier molecular flexibility index (Phi) is 2.97. The largest absolute Gasteiger partial charge is 0.481 e. The summed E-state index contributed by atoms with van der Waals surface area (Å²) in [5.74, 6) is -1.83. The molecule has 0 unspecified atom stereocenters. The number of benzene rings is 1. The summed E-state index contributed by atoms with van der Waals surface area (Å²) < 4.78 is 14.1. The predicted octanol–water partition coefficient (Wildman–Crippen LogP) is 0.304. The molecule has 2 N–H and O–H groups in total. The zero-order valence-electron chi connectivity index (χ0n) is 9.14. The molecule has 0 saturated heterocycles. The Morgan fingerprint density at radius 3 is 2.78 bits per heavy atom. The van der Waals surface area contributed by atoms with E-state index in [-0.39, 0.29) is 23.9 Å². The number of carboxylic acids is 1. The molecule has 0 aliphatic rings. The standard InChI is InChI=1S/C11H9FN2O4/c12-7-3-1-2-6-9(7)13-11(18)14(10(6)17)5-4-8(15)16/h1-3H,4-5H2,(H,13,18)(H,15,16). The van der Waals surface area contributed by atoms with E-state index in [1.807, 2.05) is 0 Å². The molecule has 94 valence electrons. The number of hydrogen-bond donors (Lipinski definition) is 2. The first-order valence-corrected chi connectivity index (χ1v) is 5.14. The SMILES string of the molecule is O=C(O)CCn1c(=O)[nH]c2c(F)cccc2c1=O. The van der Waals surface area contributed by atoms with E-state index in [1.54, 1.807) is 0 Å². The van der Waals surface area contributed by atoms with Crippen LogP contribution in [0.1, 0.15) is 6.42 Å². The zero-order chi connectivity index (χ0) is 13.3. The minimum absolute atomic E-state index is 0.0139. The molecule has 0 fully saturated rings. The summed E-state index contributed by atoms with van der Waals surface area (Å²) in [5.41, 5.74) is -1.69. The molecule has 1 heterocycles. The third-order valence-corrected chi connectivity index (χ3v) is 2.52. The van der Waals surface area contributed by atoms with E-state index in [9.17, 15) is 18.8 Å². The molecule has 0 aliphatic carbocycles. The van der Waals surface area contributed by atoms with Crippen LogP contribution in [0.15, 0.2) is 27.8 Å². The predicted molar refractivity (Wildman–Crippen MR) is 61.0 cm³/mol. The second-order valence-corrected chi connectivity index (χ2v) is 3.69. The first-order valence-electron chi connectivity index (χ1n) is 5.14. The van der Waals surface area contributed by atoms with Crippen molar-refractivity contribution < 1.29 is 14.3 Å². The van der Waals surface area contributed by atoms with Crippen molar-refractivity contribution in [3.63, 3.8) is 0 Å². The monoisotopic (exact) mass is 252 g/mol. The van der Waals surface area contributed by atoms with Crippen LogP contribution < -0.4 is 11.2 Å². The molecule has 0 aliphatic heterocycles. The summed E-state index contributed by atoms with van der Waals surface area (Å²) in [4.78, 5) is 36.1. The first-order chi connectivity index (χ1) is 8.50. The Bertz CT molecular complexity index is 732. The highest BCUT2D eigenvalue weighted by Crippen LogP contribution is 2.09. The van der Waals surface area contributed by atoms with Gasteiger partial charge in [-0.1, -0.05) is 6.07 Å². The summed E-state index contributed by atoms with van der Waals surface area (Å²) >= 11 is 0. The van der Waals surface area contributed by atoms with Crippen LogP contribution in [0.3, 0.4) is 0 Å². The van der Waals surface area contributed by atoms with Crippen molar-refractivity contribution in [3.8, 4) is 0 Å². The fraction of sp³-hybridized carbons (Fsp3) is 0.182. The smallest absolute Gasteiger partial charge is 0.328 e. The maximum Gasteiger partial charge on any atom is 0.328 e. The Hall–Kier alpha value is -2.44. The molecular formula is C11H9FN2O4. The van der Waals surface area contributed by atoms with Gasteiger partial charge in [-0.25, -0.2) is 9.18 Å². The van der Waals surface area contributed by atoms with Crippen LogP contribution in [-0.4, -0.2) is 20.6 Å². The topological polar surface area (TPSA) is 92.2 Å². The van der Waals surface area contributed by atoms with E-state index in [1.165, 1.54) is 12.1 Å². The number of nitrogens with zero attached hydrogens (tertiary/aromatic N) is 1. The molecular weight excluding hydrogens is 243 g/mol. The number of aliphatic carboxylic acids is 1. The lowest BCUT2D eigenvalue weighted by Crippen LogP contribution is -2.35. The highest BCUT2D eigenvalue weighted by Gasteiger charge is 2.11. The van der Waals surface area contributed by atoms with Gasteiger partial charge in [-0.3, -0.25) is 14.2 Å². The van der Waals surface area contributed by atoms with Gasteiger partial charge in [0.1, 0.15) is 5.82 Å². The number of nitrogens with one attached hydrogen (secondary N) is 1. The first kappa shape index (κ1) is 12.0. The van der Waals surface area contributed by atoms with Crippen molar-refractivity contribution in [2.75, 3.05) is 0 Å². The van der Waals surface area contributed by atoms with Crippen molar-refractivity contribution in [2.45, 2.75) is 13.0 Å². The molecule has 0 amide bonds. The van der Waals surface area contributed by atoms with E-state index in [4.69, 9.17) is 5.11 Å². The van der Waals surface area contributed by atoms with Gasteiger partial charge in [0.2, 0.25) is 0 Å². The lowest BCUT2D eigenvalue weighted by Gasteiger charge is -2.05. The van der Waals surface area contributed by atoms with E-state index in [0.717, 1.165) is 10.6 Å². The van der Waals surface area contributed by atoms with Crippen molar-refractivity contribution in [1.29, 1.82) is 0 Å². The van der Waals surface area contributed by atoms with Gasteiger partial charge in [-0.15, -0.1) is 0 Å². The number of carbonyl (C=O) groups is 1. The number of aromatic amines is 1. The number of carboxylic acid groups (broad SMARTS) is 1. The van der Waals surface area contributed by atoms with Gasteiger partial charge >= 0.3 is 11.7 Å². The Labute approximate surface area is 99.3 Å². The molecule has 0 atom stereocenters. The molecule has 6 nitrogen and oxygen atoms in total. The summed E-state index contributed by atoms with van der Waals surface area (Å²) in [6.45, 7) is -0.254. The fourth-order valence-electron chi connectivity index (χ4n) is 1.65. The molecule has 0 radical (unpaired) electrons. The summed E-state index contributed by atoms with van der Waals surface area (Å²) in [5, 5.41) is 8.54. The second-order valence-electron chi connectivity index (χ2n) is 3.69. The van der Waals surface area contributed by atoms with Crippen LogP contribution in [0, 0.1) is 5.82 Å². The van der Waals surface area contributed by atoms with Crippen LogP contribution in [0.5, 0.6) is 0 Å². The Morgan fingerprint density at radius 2 is 2.11 bits per heavy atom. The molecule has 1 aromatic carbocycles. The zero-order valence-corrected chi connectivity index (χ0v) is 9.14. The van der Waals surface area contributed by atoms with Gasteiger partial charge in [-0.05, 0) is 12.1 Å².